The number of carbonyl (C=O) groups excluding carboxylic acids is 3. The predicted molar refractivity (Wildman–Crippen MR) is 115 cm³/mol. The maximum atomic E-state index is 12.7. The van der Waals surface area contributed by atoms with Crippen molar-refractivity contribution in [2.75, 3.05) is 6.54 Å². The molecule has 2 rings (SSSR count). The van der Waals surface area contributed by atoms with Crippen LogP contribution in [0.15, 0.2) is 42.6 Å². The summed E-state index contributed by atoms with van der Waals surface area (Å²) in [5.41, 5.74) is 0.112. The summed E-state index contributed by atoms with van der Waals surface area (Å²) >= 11 is 11.9. The zero-order chi connectivity index (χ0) is 22.3. The number of nitrogens with zero attached hydrogens (tertiary/aromatic N) is 1. The summed E-state index contributed by atoms with van der Waals surface area (Å²) in [6.07, 6.45) is 0.969. The first-order valence-electron chi connectivity index (χ1n) is 9.20. The van der Waals surface area contributed by atoms with Gasteiger partial charge in [0.05, 0.1) is 11.6 Å². The Morgan fingerprint density at radius 1 is 1.13 bits per heavy atom. The topological polar surface area (TPSA) is 97.4 Å². The van der Waals surface area contributed by atoms with Gasteiger partial charge in [0.25, 0.3) is 0 Å². The van der Waals surface area contributed by atoms with Crippen molar-refractivity contribution in [1.29, 1.82) is 0 Å². The van der Waals surface area contributed by atoms with Crippen molar-refractivity contribution in [1.82, 2.24) is 15.6 Å². The highest BCUT2D eigenvalue weighted by atomic mass is 35.5. The number of carbonyl (C=O) groups is 3. The van der Waals surface area contributed by atoms with E-state index in [-0.39, 0.29) is 29.3 Å². The quantitative estimate of drug-likeness (QED) is 0.623. The molecule has 1 atom stereocenters. The number of nitrogens with one attached hydrogen (secondary N) is 2. The average molecular weight is 452 g/mol. The highest BCUT2D eigenvalue weighted by molar-refractivity contribution is 6.36. The molecule has 0 aliphatic heterocycles. The van der Waals surface area contributed by atoms with Gasteiger partial charge >= 0.3 is 6.09 Å². The lowest BCUT2D eigenvalue weighted by atomic mass is 10.1. The molecule has 0 bridgehead atoms. The second-order valence-electron chi connectivity index (χ2n) is 7.49. The van der Waals surface area contributed by atoms with E-state index in [4.69, 9.17) is 27.9 Å². The zero-order valence-corrected chi connectivity index (χ0v) is 18.4. The van der Waals surface area contributed by atoms with E-state index in [2.05, 4.69) is 15.6 Å². The number of amides is 2. The Labute approximate surface area is 185 Å². The highest BCUT2D eigenvalue weighted by Gasteiger charge is 2.25. The van der Waals surface area contributed by atoms with E-state index in [1.807, 2.05) is 0 Å². The zero-order valence-electron chi connectivity index (χ0n) is 16.9. The molecule has 0 saturated carbocycles. The van der Waals surface area contributed by atoms with E-state index in [0.717, 1.165) is 0 Å². The lowest BCUT2D eigenvalue weighted by Gasteiger charge is -2.23. The van der Waals surface area contributed by atoms with Gasteiger partial charge in [-0.2, -0.15) is 0 Å². The Hall–Kier alpha value is -2.64. The molecule has 160 valence electrons. The summed E-state index contributed by atoms with van der Waals surface area (Å²) in [5, 5.41) is 5.66. The van der Waals surface area contributed by atoms with Crippen LogP contribution in [0.1, 0.15) is 36.8 Å². The monoisotopic (exact) mass is 451 g/mol. The SMILES string of the molecule is CC(C)(C)OC(=O)N[C@@H](Cc1ccccn1)C(=O)NCC(=O)c1ccc(Cl)cc1Cl. The molecule has 2 aromatic rings. The predicted octanol–water partition coefficient (Wildman–Crippen LogP) is 3.82. The molecule has 1 aromatic heterocycles. The first kappa shape index (κ1) is 23.6. The number of hydrogen-bond donors (Lipinski definition) is 2. The fraction of sp³-hybridized carbons (Fsp3) is 0.333. The summed E-state index contributed by atoms with van der Waals surface area (Å²) in [6.45, 7) is 4.85. The van der Waals surface area contributed by atoms with E-state index >= 15 is 0 Å². The second-order valence-corrected chi connectivity index (χ2v) is 8.33. The number of halogens is 2. The van der Waals surface area contributed by atoms with Gasteiger partial charge in [0.15, 0.2) is 5.78 Å². The molecule has 9 heteroatoms. The van der Waals surface area contributed by atoms with Gasteiger partial charge in [-0.1, -0.05) is 29.3 Å². The van der Waals surface area contributed by atoms with E-state index in [1.165, 1.54) is 18.2 Å². The Kier molecular flexibility index (Phi) is 8.20. The van der Waals surface area contributed by atoms with Crippen LogP contribution in [0.4, 0.5) is 4.79 Å². The van der Waals surface area contributed by atoms with Gasteiger partial charge in [-0.05, 0) is 51.1 Å². The van der Waals surface area contributed by atoms with Crippen molar-refractivity contribution in [3.8, 4) is 0 Å². The maximum Gasteiger partial charge on any atom is 0.408 e. The number of hydrogen-bond acceptors (Lipinski definition) is 5. The van der Waals surface area contributed by atoms with Crippen LogP contribution >= 0.6 is 23.2 Å². The van der Waals surface area contributed by atoms with Crippen LogP contribution in [-0.2, 0) is 16.0 Å². The van der Waals surface area contributed by atoms with Crippen LogP contribution < -0.4 is 10.6 Å². The van der Waals surface area contributed by atoms with E-state index in [0.29, 0.717) is 10.7 Å². The number of benzene rings is 1. The first-order valence-corrected chi connectivity index (χ1v) is 9.96. The number of aromatic nitrogens is 1. The van der Waals surface area contributed by atoms with Gasteiger partial charge in [-0.25, -0.2) is 4.79 Å². The Morgan fingerprint density at radius 2 is 1.87 bits per heavy atom. The molecule has 7 nitrogen and oxygen atoms in total. The molecular formula is C21H23Cl2N3O4. The third-order valence-corrected chi connectivity index (χ3v) is 4.35. The van der Waals surface area contributed by atoms with E-state index in [1.54, 1.807) is 45.2 Å². The molecule has 2 N–H and O–H groups in total. The first-order chi connectivity index (χ1) is 14.0. The molecule has 0 radical (unpaired) electrons. The summed E-state index contributed by atoms with van der Waals surface area (Å²) in [7, 11) is 0. The maximum absolute atomic E-state index is 12.7. The fourth-order valence-corrected chi connectivity index (χ4v) is 3.00. The molecule has 0 unspecified atom stereocenters. The third kappa shape index (κ3) is 7.65. The second kappa shape index (κ2) is 10.4. The standard InChI is InChI=1S/C21H23Cl2N3O4/c1-21(2,3)30-20(29)26-17(11-14-6-4-5-9-24-14)19(28)25-12-18(27)15-8-7-13(22)10-16(15)23/h4-10,17H,11-12H2,1-3H3,(H,25,28)(H,26,29)/t17-/m0/s1. The van der Waals surface area contributed by atoms with Crippen LogP contribution in [0.2, 0.25) is 10.0 Å². The van der Waals surface area contributed by atoms with Gasteiger partial charge < -0.3 is 15.4 Å². The number of ether oxygens (including phenoxy) is 1. The molecule has 30 heavy (non-hydrogen) atoms. The summed E-state index contributed by atoms with van der Waals surface area (Å²) in [5.74, 6) is -0.941. The van der Waals surface area contributed by atoms with Crippen LogP contribution in [0.25, 0.3) is 0 Å². The third-order valence-electron chi connectivity index (χ3n) is 3.80. The average Bonchev–Trinajstić information content (AvgIpc) is 2.64. The largest absolute Gasteiger partial charge is 0.444 e. The van der Waals surface area contributed by atoms with Crippen molar-refractivity contribution < 1.29 is 19.1 Å². The van der Waals surface area contributed by atoms with Gasteiger partial charge in [0, 0.05) is 28.9 Å². The number of ketones is 1. The fourth-order valence-electron chi connectivity index (χ4n) is 2.49. The highest BCUT2D eigenvalue weighted by Crippen LogP contribution is 2.21. The normalized spacial score (nSPS) is 12.0. The Morgan fingerprint density at radius 3 is 2.47 bits per heavy atom. The van der Waals surface area contributed by atoms with Crippen LogP contribution in [-0.4, -0.2) is 41.0 Å². The minimum absolute atomic E-state index is 0.127. The molecule has 1 aromatic carbocycles. The van der Waals surface area contributed by atoms with Crippen LogP contribution in [0, 0.1) is 0 Å². The van der Waals surface area contributed by atoms with Crippen molar-refractivity contribution in [3.63, 3.8) is 0 Å². The van der Waals surface area contributed by atoms with Gasteiger partial charge in [0.2, 0.25) is 5.91 Å². The van der Waals surface area contributed by atoms with Crippen molar-refractivity contribution in [2.24, 2.45) is 0 Å². The number of rotatable bonds is 7. The van der Waals surface area contributed by atoms with E-state index < -0.39 is 23.6 Å². The molecular weight excluding hydrogens is 429 g/mol. The number of alkyl carbamates (subject to hydrolysis) is 1. The van der Waals surface area contributed by atoms with Crippen molar-refractivity contribution >= 4 is 41.0 Å². The molecule has 0 fully saturated rings. The minimum Gasteiger partial charge on any atom is -0.444 e. The Balaban J connectivity index is 2.07. The summed E-state index contributed by atoms with van der Waals surface area (Å²) < 4.78 is 5.23. The number of Topliss-reactive ketones (excluding diaryl/α,β-unsaturated/α-hetero) is 1. The minimum atomic E-state index is -0.983. The summed E-state index contributed by atoms with van der Waals surface area (Å²) in [4.78, 5) is 41.5. The molecule has 0 saturated heterocycles. The summed E-state index contributed by atoms with van der Waals surface area (Å²) in [6, 6.07) is 8.75. The van der Waals surface area contributed by atoms with Gasteiger partial charge in [0.1, 0.15) is 11.6 Å². The molecule has 0 aliphatic carbocycles. The smallest absolute Gasteiger partial charge is 0.408 e. The molecule has 0 spiro atoms. The van der Waals surface area contributed by atoms with Gasteiger partial charge in [-0.3, -0.25) is 14.6 Å². The Bertz CT molecular complexity index is 914. The molecule has 1 heterocycles. The van der Waals surface area contributed by atoms with Crippen LogP contribution in [0.5, 0.6) is 0 Å². The van der Waals surface area contributed by atoms with E-state index in [9.17, 15) is 14.4 Å². The van der Waals surface area contributed by atoms with Gasteiger partial charge in [-0.15, -0.1) is 0 Å². The van der Waals surface area contributed by atoms with Crippen molar-refractivity contribution in [3.05, 3.63) is 63.9 Å². The van der Waals surface area contributed by atoms with Crippen LogP contribution in [0.3, 0.4) is 0 Å². The lowest BCUT2D eigenvalue weighted by Crippen LogP contribution is -2.50. The lowest BCUT2D eigenvalue weighted by molar-refractivity contribution is -0.123. The molecule has 0 aliphatic rings. The molecule has 2 amide bonds. The number of pyridine rings is 1. The van der Waals surface area contributed by atoms with Crippen molar-refractivity contribution in [2.45, 2.75) is 38.8 Å².